The van der Waals surface area contributed by atoms with Crippen LogP contribution in [-0.4, -0.2) is 23.8 Å². The predicted octanol–water partition coefficient (Wildman–Crippen LogP) is 0.675. The third kappa shape index (κ3) is 1.58. The molecule has 0 spiro atoms. The van der Waals surface area contributed by atoms with Crippen LogP contribution >= 0.6 is 0 Å². The van der Waals surface area contributed by atoms with Gasteiger partial charge in [0.05, 0.1) is 6.10 Å². The number of hydrogen-bond donors (Lipinski definition) is 2. The van der Waals surface area contributed by atoms with Crippen LogP contribution in [-0.2, 0) is 0 Å². The molecule has 2 N–H and O–H groups in total. The molecule has 58 valence electrons. The molecule has 0 bridgehead atoms. The van der Waals surface area contributed by atoms with Gasteiger partial charge in [-0.1, -0.05) is 12.2 Å². The highest BCUT2D eigenvalue weighted by Crippen LogP contribution is 2.13. The molecule has 2 heteroatoms. The van der Waals surface area contributed by atoms with Crippen molar-refractivity contribution in [3.05, 3.63) is 12.2 Å². The smallest absolute Gasteiger partial charge is 0.0897 e. The van der Waals surface area contributed by atoms with Gasteiger partial charge in [0.1, 0.15) is 0 Å². The van der Waals surface area contributed by atoms with Crippen molar-refractivity contribution in [1.29, 1.82) is 0 Å². The van der Waals surface area contributed by atoms with Gasteiger partial charge >= 0.3 is 0 Å². The summed E-state index contributed by atoms with van der Waals surface area (Å²) in [6.07, 6.45) is 1.91. The first kappa shape index (κ1) is 7.76. The van der Waals surface area contributed by atoms with E-state index < -0.39 is 0 Å². The van der Waals surface area contributed by atoms with Crippen LogP contribution in [0, 0.1) is 0 Å². The standard InChI is InChI=1S/C8H15NO/c1-6(2)8(10)7-4-3-5-9-7/h7-10H,1,3-5H2,2H3/t7-,8?/m1/s1. The zero-order valence-electron chi connectivity index (χ0n) is 6.43. The van der Waals surface area contributed by atoms with E-state index in [0.717, 1.165) is 18.5 Å². The van der Waals surface area contributed by atoms with Crippen molar-refractivity contribution in [1.82, 2.24) is 5.32 Å². The molecule has 2 atom stereocenters. The third-order valence-corrected chi connectivity index (χ3v) is 1.98. The summed E-state index contributed by atoms with van der Waals surface area (Å²) < 4.78 is 0. The molecule has 0 amide bonds. The second-order valence-electron chi connectivity index (χ2n) is 2.99. The summed E-state index contributed by atoms with van der Waals surface area (Å²) in [5, 5.41) is 12.7. The van der Waals surface area contributed by atoms with Gasteiger partial charge in [-0.15, -0.1) is 0 Å². The lowest BCUT2D eigenvalue weighted by Gasteiger charge is -2.17. The van der Waals surface area contributed by atoms with Gasteiger partial charge < -0.3 is 10.4 Å². The number of aliphatic hydroxyl groups excluding tert-OH is 1. The molecule has 1 aliphatic heterocycles. The minimum absolute atomic E-state index is 0.262. The van der Waals surface area contributed by atoms with Crippen molar-refractivity contribution < 1.29 is 5.11 Å². The molecule has 0 aromatic heterocycles. The van der Waals surface area contributed by atoms with Crippen LogP contribution in [0.3, 0.4) is 0 Å². The molecule has 10 heavy (non-hydrogen) atoms. The Morgan fingerprint density at radius 3 is 2.90 bits per heavy atom. The summed E-state index contributed by atoms with van der Waals surface area (Å²) in [5.74, 6) is 0. The topological polar surface area (TPSA) is 32.3 Å². The molecule has 0 saturated carbocycles. The van der Waals surface area contributed by atoms with E-state index in [1.165, 1.54) is 6.42 Å². The van der Waals surface area contributed by atoms with Crippen LogP contribution in [0.1, 0.15) is 19.8 Å². The Morgan fingerprint density at radius 1 is 1.80 bits per heavy atom. The highest BCUT2D eigenvalue weighted by molar-refractivity contribution is 5.03. The van der Waals surface area contributed by atoms with Gasteiger partial charge in [-0.2, -0.15) is 0 Å². The van der Waals surface area contributed by atoms with E-state index in [9.17, 15) is 5.11 Å². The second kappa shape index (κ2) is 3.17. The number of aliphatic hydroxyl groups is 1. The average molecular weight is 141 g/mol. The van der Waals surface area contributed by atoms with Crippen LogP contribution in [0.15, 0.2) is 12.2 Å². The number of rotatable bonds is 2. The van der Waals surface area contributed by atoms with Gasteiger partial charge in [0.2, 0.25) is 0 Å². The Morgan fingerprint density at radius 2 is 2.50 bits per heavy atom. The van der Waals surface area contributed by atoms with Crippen LogP contribution in [0.5, 0.6) is 0 Å². The van der Waals surface area contributed by atoms with Crippen molar-refractivity contribution in [3.8, 4) is 0 Å². The molecule has 1 heterocycles. The maximum atomic E-state index is 9.46. The van der Waals surface area contributed by atoms with Crippen LogP contribution in [0.25, 0.3) is 0 Å². The van der Waals surface area contributed by atoms with E-state index >= 15 is 0 Å². The summed E-state index contributed by atoms with van der Waals surface area (Å²) >= 11 is 0. The summed E-state index contributed by atoms with van der Waals surface area (Å²) in [7, 11) is 0. The number of hydrogen-bond acceptors (Lipinski definition) is 2. The van der Waals surface area contributed by atoms with Crippen LogP contribution < -0.4 is 5.32 Å². The molecule has 1 fully saturated rings. The summed E-state index contributed by atoms with van der Waals surface area (Å²) in [5.41, 5.74) is 0.861. The van der Waals surface area contributed by atoms with Crippen molar-refractivity contribution >= 4 is 0 Å². The Hall–Kier alpha value is -0.340. The second-order valence-corrected chi connectivity index (χ2v) is 2.99. The quantitative estimate of drug-likeness (QED) is 0.554. The van der Waals surface area contributed by atoms with Gasteiger partial charge in [0.25, 0.3) is 0 Å². The predicted molar refractivity (Wildman–Crippen MR) is 41.8 cm³/mol. The fourth-order valence-electron chi connectivity index (χ4n) is 1.32. The minimum atomic E-state index is -0.345. The van der Waals surface area contributed by atoms with E-state index in [1.807, 2.05) is 6.92 Å². The molecule has 0 radical (unpaired) electrons. The highest BCUT2D eigenvalue weighted by atomic mass is 16.3. The van der Waals surface area contributed by atoms with Crippen molar-refractivity contribution in [2.24, 2.45) is 0 Å². The van der Waals surface area contributed by atoms with E-state index in [0.29, 0.717) is 0 Å². The molecule has 2 nitrogen and oxygen atoms in total. The van der Waals surface area contributed by atoms with Gasteiger partial charge in [-0.25, -0.2) is 0 Å². The molecule has 1 saturated heterocycles. The molecule has 0 aliphatic carbocycles. The Balaban J connectivity index is 2.39. The minimum Gasteiger partial charge on any atom is -0.387 e. The third-order valence-electron chi connectivity index (χ3n) is 1.98. The van der Waals surface area contributed by atoms with Gasteiger partial charge in [0.15, 0.2) is 0 Å². The van der Waals surface area contributed by atoms with E-state index in [4.69, 9.17) is 0 Å². The van der Waals surface area contributed by atoms with Crippen molar-refractivity contribution in [3.63, 3.8) is 0 Å². The van der Waals surface area contributed by atoms with Gasteiger partial charge in [0, 0.05) is 6.04 Å². The summed E-state index contributed by atoms with van der Waals surface area (Å²) in [4.78, 5) is 0. The fourth-order valence-corrected chi connectivity index (χ4v) is 1.32. The largest absolute Gasteiger partial charge is 0.387 e. The van der Waals surface area contributed by atoms with E-state index in [2.05, 4.69) is 11.9 Å². The molecule has 1 rings (SSSR count). The maximum Gasteiger partial charge on any atom is 0.0897 e. The molecular weight excluding hydrogens is 126 g/mol. The monoisotopic (exact) mass is 141 g/mol. The van der Waals surface area contributed by atoms with Crippen LogP contribution in [0.2, 0.25) is 0 Å². The first-order valence-electron chi connectivity index (χ1n) is 3.78. The highest BCUT2D eigenvalue weighted by Gasteiger charge is 2.22. The fraction of sp³-hybridized carbons (Fsp3) is 0.750. The van der Waals surface area contributed by atoms with Crippen LogP contribution in [0.4, 0.5) is 0 Å². The van der Waals surface area contributed by atoms with Crippen molar-refractivity contribution in [2.75, 3.05) is 6.54 Å². The zero-order valence-corrected chi connectivity index (χ0v) is 6.43. The Labute approximate surface area is 61.9 Å². The van der Waals surface area contributed by atoms with Gasteiger partial charge in [-0.05, 0) is 26.3 Å². The summed E-state index contributed by atoms with van der Waals surface area (Å²) in [6.45, 7) is 6.61. The first-order valence-corrected chi connectivity index (χ1v) is 3.78. The Kier molecular flexibility index (Phi) is 2.46. The number of nitrogens with one attached hydrogen (secondary N) is 1. The molecule has 1 aliphatic rings. The molecule has 0 aromatic carbocycles. The zero-order chi connectivity index (χ0) is 7.56. The molecule has 1 unspecified atom stereocenters. The molecular formula is C8H15NO. The Bertz CT molecular complexity index is 127. The maximum absolute atomic E-state index is 9.46. The summed E-state index contributed by atoms with van der Waals surface area (Å²) in [6, 6.07) is 0.262. The lowest BCUT2D eigenvalue weighted by atomic mass is 10.0. The SMILES string of the molecule is C=C(C)C(O)[C@H]1CCCN1. The van der Waals surface area contributed by atoms with E-state index in [-0.39, 0.29) is 12.1 Å². The molecule has 0 aromatic rings. The van der Waals surface area contributed by atoms with Gasteiger partial charge in [-0.3, -0.25) is 0 Å². The normalized spacial score (nSPS) is 28.4. The van der Waals surface area contributed by atoms with E-state index in [1.54, 1.807) is 0 Å². The lowest BCUT2D eigenvalue weighted by Crippen LogP contribution is -2.35. The lowest BCUT2D eigenvalue weighted by molar-refractivity contribution is 0.170. The average Bonchev–Trinajstić information content (AvgIpc) is 2.36. The van der Waals surface area contributed by atoms with Crippen molar-refractivity contribution in [2.45, 2.75) is 31.9 Å². The first-order chi connectivity index (χ1) is 4.72.